The molecule has 0 saturated heterocycles. The van der Waals surface area contributed by atoms with Gasteiger partial charge in [-0.1, -0.05) is 44.2 Å². The summed E-state index contributed by atoms with van der Waals surface area (Å²) in [6.45, 7) is 4.33. The van der Waals surface area contributed by atoms with E-state index in [1.165, 1.54) is 11.1 Å². The Morgan fingerprint density at radius 1 is 1.07 bits per heavy atom. The van der Waals surface area contributed by atoms with Crippen LogP contribution in [0.4, 0.5) is 0 Å². The second-order valence-corrected chi connectivity index (χ2v) is 3.21. The van der Waals surface area contributed by atoms with Gasteiger partial charge in [0.2, 0.25) is 0 Å². The van der Waals surface area contributed by atoms with Crippen LogP contribution in [0.25, 0.3) is 5.76 Å². The van der Waals surface area contributed by atoms with Gasteiger partial charge in [0.15, 0.2) is 0 Å². The van der Waals surface area contributed by atoms with Gasteiger partial charge in [0.25, 0.3) is 0 Å². The molecule has 0 aliphatic carbocycles. The van der Waals surface area contributed by atoms with Crippen LogP contribution in [0.3, 0.4) is 0 Å². The van der Waals surface area contributed by atoms with Crippen LogP contribution in [0.1, 0.15) is 32.3 Å². The first-order chi connectivity index (χ1) is 6.83. The maximum atomic E-state index is 5.46. The molecule has 0 unspecified atom stereocenters. The third kappa shape index (κ3) is 2.38. The number of allylic oxidation sites excluding steroid dienone is 1. The van der Waals surface area contributed by atoms with Gasteiger partial charge in [0.05, 0.1) is 7.11 Å². The van der Waals surface area contributed by atoms with Crippen LogP contribution in [0.15, 0.2) is 35.9 Å². The zero-order valence-electron chi connectivity index (χ0n) is 9.21. The van der Waals surface area contributed by atoms with Crippen molar-refractivity contribution in [2.45, 2.75) is 26.7 Å². The van der Waals surface area contributed by atoms with Crippen LogP contribution in [-0.2, 0) is 4.74 Å². The minimum atomic E-state index is 1.04. The second-order valence-electron chi connectivity index (χ2n) is 3.21. The van der Waals surface area contributed by atoms with Gasteiger partial charge in [-0.2, -0.15) is 0 Å². The maximum absolute atomic E-state index is 5.46. The van der Waals surface area contributed by atoms with Crippen molar-refractivity contribution in [3.63, 3.8) is 0 Å². The van der Waals surface area contributed by atoms with Crippen LogP contribution >= 0.6 is 0 Å². The molecule has 1 rings (SSSR count). The van der Waals surface area contributed by atoms with Crippen molar-refractivity contribution in [3.05, 3.63) is 41.5 Å². The highest BCUT2D eigenvalue weighted by Gasteiger charge is 2.05. The number of rotatable bonds is 4. The average Bonchev–Trinajstić information content (AvgIpc) is 2.27. The highest BCUT2D eigenvalue weighted by molar-refractivity contribution is 5.62. The molecule has 1 heteroatoms. The molecule has 0 bridgehead atoms. The van der Waals surface area contributed by atoms with Crippen molar-refractivity contribution in [2.75, 3.05) is 7.11 Å². The lowest BCUT2D eigenvalue weighted by molar-refractivity contribution is 0.364. The molecule has 0 amide bonds. The van der Waals surface area contributed by atoms with E-state index < -0.39 is 0 Å². The van der Waals surface area contributed by atoms with E-state index in [1.807, 2.05) is 18.2 Å². The molecule has 0 radical (unpaired) electrons. The van der Waals surface area contributed by atoms with Gasteiger partial charge < -0.3 is 4.74 Å². The van der Waals surface area contributed by atoms with E-state index in [2.05, 4.69) is 26.0 Å². The third-order valence-electron chi connectivity index (χ3n) is 2.41. The van der Waals surface area contributed by atoms with Gasteiger partial charge in [-0.15, -0.1) is 0 Å². The molecule has 14 heavy (non-hydrogen) atoms. The zero-order chi connectivity index (χ0) is 10.4. The first-order valence-electron chi connectivity index (χ1n) is 5.14. The maximum Gasteiger partial charge on any atom is 0.125 e. The van der Waals surface area contributed by atoms with Crippen LogP contribution in [-0.4, -0.2) is 7.11 Å². The number of hydrogen-bond donors (Lipinski definition) is 0. The lowest BCUT2D eigenvalue weighted by Crippen LogP contribution is -1.93. The molecule has 0 atom stereocenters. The van der Waals surface area contributed by atoms with Gasteiger partial charge in [-0.3, -0.25) is 0 Å². The number of methoxy groups -OCH3 is 1. The van der Waals surface area contributed by atoms with E-state index in [1.54, 1.807) is 7.11 Å². The molecule has 0 aromatic heterocycles. The molecule has 0 saturated carbocycles. The first kappa shape index (κ1) is 10.8. The second kappa shape index (κ2) is 5.48. The van der Waals surface area contributed by atoms with Crippen LogP contribution in [0, 0.1) is 0 Å². The van der Waals surface area contributed by atoms with Gasteiger partial charge >= 0.3 is 0 Å². The molecule has 0 spiro atoms. The Morgan fingerprint density at radius 3 is 2.07 bits per heavy atom. The molecule has 1 nitrogen and oxygen atoms in total. The van der Waals surface area contributed by atoms with E-state index in [0.717, 1.165) is 18.6 Å². The molecule has 76 valence electrons. The van der Waals surface area contributed by atoms with E-state index in [-0.39, 0.29) is 0 Å². The lowest BCUT2D eigenvalue weighted by Gasteiger charge is -2.11. The Balaban J connectivity index is 3.09. The predicted molar refractivity (Wildman–Crippen MR) is 61.0 cm³/mol. The fraction of sp³-hybridized carbons (Fsp3) is 0.385. The Labute approximate surface area is 86.4 Å². The van der Waals surface area contributed by atoms with Crippen molar-refractivity contribution in [1.82, 2.24) is 0 Å². The van der Waals surface area contributed by atoms with E-state index in [0.29, 0.717) is 0 Å². The van der Waals surface area contributed by atoms with Crippen LogP contribution < -0.4 is 0 Å². The van der Waals surface area contributed by atoms with E-state index in [9.17, 15) is 0 Å². The minimum Gasteiger partial charge on any atom is -0.496 e. The van der Waals surface area contributed by atoms with E-state index >= 15 is 0 Å². The van der Waals surface area contributed by atoms with Crippen LogP contribution in [0.5, 0.6) is 0 Å². The summed E-state index contributed by atoms with van der Waals surface area (Å²) in [7, 11) is 1.74. The van der Waals surface area contributed by atoms with Crippen molar-refractivity contribution >= 4 is 5.76 Å². The van der Waals surface area contributed by atoms with Crippen molar-refractivity contribution in [3.8, 4) is 0 Å². The highest BCUT2D eigenvalue weighted by atomic mass is 16.5. The Hall–Kier alpha value is -1.24. The van der Waals surface area contributed by atoms with Crippen molar-refractivity contribution in [2.24, 2.45) is 0 Å². The summed E-state index contributed by atoms with van der Waals surface area (Å²) >= 11 is 0. The summed E-state index contributed by atoms with van der Waals surface area (Å²) in [5.74, 6) is 1.04. The smallest absolute Gasteiger partial charge is 0.125 e. The summed E-state index contributed by atoms with van der Waals surface area (Å²) in [6, 6.07) is 10.3. The molecule has 0 aliphatic heterocycles. The molecule has 0 N–H and O–H groups in total. The molecule has 0 heterocycles. The Morgan fingerprint density at radius 2 is 1.64 bits per heavy atom. The molecule has 1 aromatic rings. The van der Waals surface area contributed by atoms with Gasteiger partial charge in [0.1, 0.15) is 5.76 Å². The standard InChI is InChI=1S/C13H18O/c1-4-11(5-2)13(14-3)12-9-7-6-8-10-12/h6-10H,4-5H2,1-3H3. The molecular formula is C13H18O. The SMILES string of the molecule is CCC(CC)=C(OC)c1ccccc1. The fourth-order valence-electron chi connectivity index (χ4n) is 1.63. The fourth-order valence-corrected chi connectivity index (χ4v) is 1.63. The highest BCUT2D eigenvalue weighted by Crippen LogP contribution is 2.23. The molecule has 0 aliphatic rings. The molecule has 1 aromatic carbocycles. The summed E-state index contributed by atoms with van der Waals surface area (Å²) in [6.07, 6.45) is 2.10. The number of benzene rings is 1. The number of hydrogen-bond acceptors (Lipinski definition) is 1. The normalized spacial score (nSPS) is 9.64. The number of ether oxygens (including phenoxy) is 1. The summed E-state index contributed by atoms with van der Waals surface area (Å²) in [4.78, 5) is 0. The first-order valence-corrected chi connectivity index (χ1v) is 5.14. The van der Waals surface area contributed by atoms with Crippen molar-refractivity contribution in [1.29, 1.82) is 0 Å². The van der Waals surface area contributed by atoms with Gasteiger partial charge in [-0.25, -0.2) is 0 Å². The Kier molecular flexibility index (Phi) is 4.24. The van der Waals surface area contributed by atoms with Gasteiger partial charge in [0, 0.05) is 5.56 Å². The predicted octanol–water partition coefficient (Wildman–Crippen LogP) is 3.86. The summed E-state index contributed by atoms with van der Waals surface area (Å²) in [5, 5.41) is 0. The summed E-state index contributed by atoms with van der Waals surface area (Å²) < 4.78 is 5.46. The Bertz CT molecular complexity index is 292. The van der Waals surface area contributed by atoms with Crippen LogP contribution in [0.2, 0.25) is 0 Å². The largest absolute Gasteiger partial charge is 0.496 e. The monoisotopic (exact) mass is 190 g/mol. The topological polar surface area (TPSA) is 9.23 Å². The summed E-state index contributed by atoms with van der Waals surface area (Å²) in [5.41, 5.74) is 2.55. The van der Waals surface area contributed by atoms with E-state index in [4.69, 9.17) is 4.74 Å². The third-order valence-corrected chi connectivity index (χ3v) is 2.41. The molecule has 0 fully saturated rings. The average molecular weight is 190 g/mol. The molecular weight excluding hydrogens is 172 g/mol. The lowest BCUT2D eigenvalue weighted by atomic mass is 10.0. The zero-order valence-corrected chi connectivity index (χ0v) is 9.21. The van der Waals surface area contributed by atoms with Crippen molar-refractivity contribution < 1.29 is 4.74 Å². The van der Waals surface area contributed by atoms with Gasteiger partial charge in [-0.05, 0) is 18.4 Å². The minimum absolute atomic E-state index is 1.04. The quantitative estimate of drug-likeness (QED) is 0.655.